The third kappa shape index (κ3) is 11.1. The van der Waals surface area contributed by atoms with E-state index in [9.17, 15) is 29.4 Å². The van der Waals surface area contributed by atoms with E-state index in [-0.39, 0.29) is 59.1 Å². The van der Waals surface area contributed by atoms with Crippen molar-refractivity contribution in [1.29, 1.82) is 0 Å². The molecule has 0 aromatic carbocycles. The molecular formula is C42H58O6. The van der Waals surface area contributed by atoms with E-state index in [1.54, 1.807) is 0 Å². The van der Waals surface area contributed by atoms with Crippen LogP contribution in [0.5, 0.6) is 0 Å². The third-order valence-electron chi connectivity index (χ3n) is 8.96. The summed E-state index contributed by atoms with van der Waals surface area (Å²) in [6, 6.07) is 0. The molecule has 2 N–H and O–H groups in total. The molecule has 0 unspecified atom stereocenters. The first-order chi connectivity index (χ1) is 22.8. The molecule has 2 aliphatic rings. The zero-order chi connectivity index (χ0) is 36.0. The zero-order valence-electron chi connectivity index (χ0n) is 30.7. The molecular weight excluding hydrogens is 600 g/mol. The summed E-state index contributed by atoms with van der Waals surface area (Å²) in [7, 11) is 0. The molecule has 0 bridgehead atoms. The van der Waals surface area contributed by atoms with E-state index in [0.717, 1.165) is 62.5 Å². The van der Waals surface area contributed by atoms with E-state index in [4.69, 9.17) is 0 Å². The van der Waals surface area contributed by atoms with Gasteiger partial charge in [0.2, 0.25) is 11.6 Å². The zero-order valence-corrected chi connectivity index (χ0v) is 30.7. The monoisotopic (exact) mass is 658 g/mol. The minimum absolute atomic E-state index is 0.0327. The number of allylic oxidation sites excluding steroid dienone is 14. The SMILES string of the molecule is CCCCCC1=C(C2=C(CCCCC)C(=O)C(O)=C(CC=C(C)CCC=C(C)C)C2=O)C(=O)C(CC=C(C)CCC=C(C)C)=C(O)C1=O. The highest BCUT2D eigenvalue weighted by molar-refractivity contribution is 6.35. The Kier molecular flexibility index (Phi) is 16.7. The fourth-order valence-corrected chi connectivity index (χ4v) is 6.00. The third-order valence-corrected chi connectivity index (χ3v) is 8.96. The average Bonchev–Trinajstić information content (AvgIpc) is 3.02. The standard InChI is InChI=1S/C42H58O6/c1-9-11-13-21-31-35(37(43)33(41(47)39(31)45)25-23-29(7)19-15-17-27(3)4)36-32(22-14-12-10-2)40(46)42(48)34(38(36)44)26-24-30(8)20-16-18-28(5)6/h17-18,23-24,47-48H,9-16,19-22,25-26H2,1-8H3. The van der Waals surface area contributed by atoms with Crippen LogP contribution in [-0.2, 0) is 19.2 Å². The van der Waals surface area contributed by atoms with E-state index in [1.165, 1.54) is 11.1 Å². The van der Waals surface area contributed by atoms with Gasteiger partial charge in [0.15, 0.2) is 23.1 Å². The topological polar surface area (TPSA) is 109 Å². The van der Waals surface area contributed by atoms with Crippen molar-refractivity contribution in [2.75, 3.05) is 0 Å². The molecule has 0 radical (unpaired) electrons. The molecule has 0 aromatic heterocycles. The van der Waals surface area contributed by atoms with E-state index in [0.29, 0.717) is 12.8 Å². The minimum Gasteiger partial charge on any atom is -0.504 e. The quantitative estimate of drug-likeness (QED) is 0.0812. The second-order valence-electron chi connectivity index (χ2n) is 13.7. The number of aliphatic hydroxyl groups is 2. The lowest BCUT2D eigenvalue weighted by Crippen LogP contribution is -2.32. The Morgan fingerprint density at radius 2 is 0.854 bits per heavy atom. The van der Waals surface area contributed by atoms with Crippen LogP contribution in [0.3, 0.4) is 0 Å². The summed E-state index contributed by atoms with van der Waals surface area (Å²) < 4.78 is 0. The smallest absolute Gasteiger partial charge is 0.224 e. The molecule has 0 saturated heterocycles. The lowest BCUT2D eigenvalue weighted by Gasteiger charge is -2.27. The maximum atomic E-state index is 14.4. The summed E-state index contributed by atoms with van der Waals surface area (Å²) in [6.45, 7) is 16.1. The summed E-state index contributed by atoms with van der Waals surface area (Å²) in [6.07, 6.45) is 16.1. The second kappa shape index (κ2) is 19.9. The largest absolute Gasteiger partial charge is 0.504 e. The summed E-state index contributed by atoms with van der Waals surface area (Å²) in [5.74, 6) is -3.68. The van der Waals surface area contributed by atoms with Crippen molar-refractivity contribution in [2.45, 2.75) is 145 Å². The highest BCUT2D eigenvalue weighted by atomic mass is 16.3. The molecule has 0 spiro atoms. The van der Waals surface area contributed by atoms with Crippen molar-refractivity contribution in [2.24, 2.45) is 0 Å². The molecule has 48 heavy (non-hydrogen) atoms. The molecule has 6 nitrogen and oxygen atoms in total. The summed E-state index contributed by atoms with van der Waals surface area (Å²) in [5, 5.41) is 22.2. The first kappa shape index (κ1) is 40.4. The van der Waals surface area contributed by atoms with Gasteiger partial charge in [-0.05, 0) is 106 Å². The number of rotatable bonds is 19. The Balaban J connectivity index is 2.70. The van der Waals surface area contributed by atoms with Crippen LogP contribution in [0.15, 0.2) is 91.6 Å². The van der Waals surface area contributed by atoms with Gasteiger partial charge in [-0.25, -0.2) is 0 Å². The van der Waals surface area contributed by atoms with Gasteiger partial charge < -0.3 is 10.2 Å². The Hall–Kier alpha value is -3.80. The van der Waals surface area contributed by atoms with Crippen molar-refractivity contribution >= 4 is 23.1 Å². The predicted molar refractivity (Wildman–Crippen MR) is 196 cm³/mol. The van der Waals surface area contributed by atoms with Gasteiger partial charge in [0.25, 0.3) is 0 Å². The normalized spacial score (nSPS) is 16.5. The molecule has 0 aromatic rings. The van der Waals surface area contributed by atoms with Gasteiger partial charge in [-0.2, -0.15) is 0 Å². The van der Waals surface area contributed by atoms with Crippen LogP contribution in [0.2, 0.25) is 0 Å². The molecule has 0 fully saturated rings. The molecule has 262 valence electrons. The van der Waals surface area contributed by atoms with Gasteiger partial charge in [0.1, 0.15) is 0 Å². The maximum absolute atomic E-state index is 14.4. The maximum Gasteiger partial charge on any atom is 0.224 e. The van der Waals surface area contributed by atoms with Crippen molar-refractivity contribution in [1.82, 2.24) is 0 Å². The summed E-state index contributed by atoms with van der Waals surface area (Å²) in [4.78, 5) is 56.6. The first-order valence-corrected chi connectivity index (χ1v) is 17.8. The van der Waals surface area contributed by atoms with E-state index in [2.05, 4.69) is 12.2 Å². The van der Waals surface area contributed by atoms with E-state index in [1.807, 2.05) is 67.5 Å². The van der Waals surface area contributed by atoms with Crippen LogP contribution >= 0.6 is 0 Å². The highest BCUT2D eigenvalue weighted by Crippen LogP contribution is 2.40. The lowest BCUT2D eigenvalue weighted by atomic mass is 9.74. The van der Waals surface area contributed by atoms with Crippen LogP contribution in [-0.4, -0.2) is 33.3 Å². The molecule has 0 heterocycles. The highest BCUT2D eigenvalue weighted by Gasteiger charge is 2.42. The number of carbonyl (C=O) groups is 4. The predicted octanol–water partition coefficient (Wildman–Crippen LogP) is 10.8. The van der Waals surface area contributed by atoms with E-state index < -0.39 is 34.7 Å². The molecule has 0 aliphatic heterocycles. The Labute approximate surface area is 288 Å². The fourth-order valence-electron chi connectivity index (χ4n) is 6.00. The minimum atomic E-state index is -0.665. The molecule has 2 rings (SSSR count). The second-order valence-corrected chi connectivity index (χ2v) is 13.7. The van der Waals surface area contributed by atoms with Crippen molar-refractivity contribution < 1.29 is 29.4 Å². The molecule has 0 atom stereocenters. The fraction of sp³-hybridized carbons (Fsp3) is 0.524. The molecule has 6 heteroatoms. The van der Waals surface area contributed by atoms with Crippen LogP contribution in [0, 0.1) is 0 Å². The number of hydrogen-bond acceptors (Lipinski definition) is 6. The molecule has 0 amide bonds. The number of hydrogen-bond donors (Lipinski definition) is 2. The number of ketones is 4. The van der Waals surface area contributed by atoms with Gasteiger partial charge in [0.05, 0.1) is 0 Å². The number of Topliss-reactive ketones (excluding diaryl/α,β-unsaturated/α-hetero) is 4. The van der Waals surface area contributed by atoms with Crippen molar-refractivity contribution in [3.63, 3.8) is 0 Å². The summed E-state index contributed by atoms with van der Waals surface area (Å²) >= 11 is 0. The van der Waals surface area contributed by atoms with Gasteiger partial charge in [-0.3, -0.25) is 19.2 Å². The van der Waals surface area contributed by atoms with Crippen LogP contribution < -0.4 is 0 Å². The Morgan fingerprint density at radius 3 is 1.17 bits per heavy atom. The average molecular weight is 659 g/mol. The lowest BCUT2D eigenvalue weighted by molar-refractivity contribution is -0.120. The number of carbonyl (C=O) groups excluding carboxylic acids is 4. The van der Waals surface area contributed by atoms with Crippen molar-refractivity contribution in [3.05, 3.63) is 91.6 Å². The first-order valence-electron chi connectivity index (χ1n) is 17.8. The van der Waals surface area contributed by atoms with Crippen molar-refractivity contribution in [3.8, 4) is 0 Å². The van der Waals surface area contributed by atoms with Gasteiger partial charge in [-0.1, -0.05) is 86.1 Å². The van der Waals surface area contributed by atoms with Gasteiger partial charge in [-0.15, -0.1) is 0 Å². The Morgan fingerprint density at radius 1 is 0.500 bits per heavy atom. The molecule has 0 saturated carbocycles. The molecule has 2 aliphatic carbocycles. The van der Waals surface area contributed by atoms with Crippen LogP contribution in [0.25, 0.3) is 0 Å². The van der Waals surface area contributed by atoms with Gasteiger partial charge in [0, 0.05) is 33.4 Å². The summed E-state index contributed by atoms with van der Waals surface area (Å²) in [5.41, 5.74) is 4.34. The van der Waals surface area contributed by atoms with E-state index >= 15 is 0 Å². The van der Waals surface area contributed by atoms with Crippen LogP contribution in [0.1, 0.15) is 145 Å². The Bertz CT molecular complexity index is 1390. The number of unbranched alkanes of at least 4 members (excludes halogenated alkanes) is 4. The van der Waals surface area contributed by atoms with Gasteiger partial charge >= 0.3 is 0 Å². The van der Waals surface area contributed by atoms with Crippen LogP contribution in [0.4, 0.5) is 0 Å². The number of aliphatic hydroxyl groups excluding tert-OH is 2.